The average molecular weight is 371 g/mol. The number of para-hydroxylation sites is 1. The maximum absolute atomic E-state index is 10.1. The van der Waals surface area contributed by atoms with Crippen LogP contribution in [0.5, 0.6) is 5.75 Å². The van der Waals surface area contributed by atoms with Crippen LogP contribution >= 0.6 is 24.0 Å². The van der Waals surface area contributed by atoms with E-state index in [0.29, 0.717) is 13.0 Å². The zero-order chi connectivity index (χ0) is 16.7. The lowest BCUT2D eigenvalue weighted by Crippen LogP contribution is -2.40. The molecule has 2 atom stereocenters. The number of rotatable bonds is 8. The average Bonchev–Trinajstić information content (AvgIpc) is 2.57. The second kappa shape index (κ2) is 10.4. The van der Waals surface area contributed by atoms with E-state index in [0.717, 1.165) is 22.0 Å². The smallest absolute Gasteiger partial charge is 0.119 e. The molecule has 4 N–H and O–H groups in total. The molecule has 0 aliphatic rings. The van der Waals surface area contributed by atoms with E-state index in [4.69, 9.17) is 22.1 Å². The van der Waals surface area contributed by atoms with Crippen LogP contribution in [0.25, 0.3) is 0 Å². The molecule has 0 bridgehead atoms. The Hall–Kier alpha value is -1.46. The number of halogens is 2. The highest BCUT2D eigenvalue weighted by molar-refractivity contribution is 6.31. The Labute approximate surface area is 154 Å². The van der Waals surface area contributed by atoms with Crippen molar-refractivity contribution in [2.45, 2.75) is 25.5 Å². The zero-order valence-electron chi connectivity index (χ0n) is 13.6. The van der Waals surface area contributed by atoms with Crippen LogP contribution in [0.4, 0.5) is 5.69 Å². The van der Waals surface area contributed by atoms with Gasteiger partial charge in [0, 0.05) is 23.3 Å². The lowest BCUT2D eigenvalue weighted by atomic mass is 10.1. The molecule has 0 saturated carbocycles. The third-order valence-electron chi connectivity index (χ3n) is 3.72. The fourth-order valence-corrected chi connectivity index (χ4v) is 2.36. The van der Waals surface area contributed by atoms with Gasteiger partial charge in [0.05, 0.1) is 0 Å². The Kier molecular flexibility index (Phi) is 8.93. The molecular weight excluding hydrogens is 347 g/mol. The molecule has 2 aromatic rings. The summed E-state index contributed by atoms with van der Waals surface area (Å²) in [7, 11) is 0. The van der Waals surface area contributed by atoms with Gasteiger partial charge in [-0.2, -0.15) is 0 Å². The number of aliphatic hydroxyl groups is 1. The molecular formula is C18H24Cl2N2O2. The van der Waals surface area contributed by atoms with E-state index in [1.54, 1.807) is 0 Å². The highest BCUT2D eigenvalue weighted by Gasteiger charge is 2.15. The number of ether oxygens (including phenoxy) is 1. The van der Waals surface area contributed by atoms with E-state index >= 15 is 0 Å². The summed E-state index contributed by atoms with van der Waals surface area (Å²) in [6, 6.07) is 14.8. The van der Waals surface area contributed by atoms with Crippen LogP contribution < -0.4 is 15.8 Å². The minimum atomic E-state index is -0.711. The Bertz CT molecular complexity index is 611. The van der Waals surface area contributed by atoms with Crippen molar-refractivity contribution in [2.75, 3.05) is 18.5 Å². The van der Waals surface area contributed by atoms with Crippen LogP contribution in [0.1, 0.15) is 12.0 Å². The fourth-order valence-electron chi connectivity index (χ4n) is 2.19. The molecule has 0 aromatic heterocycles. The summed E-state index contributed by atoms with van der Waals surface area (Å²) in [6.07, 6.45) is -0.0805. The SMILES string of the molecule is Cc1c(Cl)cccc1NCCC(N)C(O)COc1ccccc1.Cl. The molecule has 0 heterocycles. The maximum Gasteiger partial charge on any atom is 0.119 e. The van der Waals surface area contributed by atoms with Crippen molar-refractivity contribution in [1.82, 2.24) is 0 Å². The lowest BCUT2D eigenvalue weighted by Gasteiger charge is -2.20. The van der Waals surface area contributed by atoms with Crippen molar-refractivity contribution < 1.29 is 9.84 Å². The molecule has 0 spiro atoms. The summed E-state index contributed by atoms with van der Waals surface area (Å²) in [6.45, 7) is 2.80. The van der Waals surface area contributed by atoms with E-state index in [9.17, 15) is 5.11 Å². The Morgan fingerprint density at radius 2 is 1.88 bits per heavy atom. The first-order valence-corrected chi connectivity index (χ1v) is 8.06. The van der Waals surface area contributed by atoms with Gasteiger partial charge < -0.3 is 20.9 Å². The number of hydrogen-bond donors (Lipinski definition) is 3. The highest BCUT2D eigenvalue weighted by atomic mass is 35.5. The van der Waals surface area contributed by atoms with Gasteiger partial charge in [0.25, 0.3) is 0 Å². The number of nitrogens with two attached hydrogens (primary N) is 1. The molecule has 132 valence electrons. The van der Waals surface area contributed by atoms with Gasteiger partial charge in [0.15, 0.2) is 0 Å². The molecule has 0 aliphatic carbocycles. The summed E-state index contributed by atoms with van der Waals surface area (Å²) in [5, 5.41) is 14.1. The van der Waals surface area contributed by atoms with Crippen LogP contribution in [0.2, 0.25) is 5.02 Å². The van der Waals surface area contributed by atoms with E-state index in [2.05, 4.69) is 5.32 Å². The van der Waals surface area contributed by atoms with Crippen molar-refractivity contribution in [3.63, 3.8) is 0 Å². The molecule has 2 aromatic carbocycles. The Balaban J connectivity index is 0.00000288. The maximum atomic E-state index is 10.1. The van der Waals surface area contributed by atoms with E-state index < -0.39 is 6.10 Å². The minimum Gasteiger partial charge on any atom is -0.491 e. The standard InChI is InChI=1S/C18H23ClN2O2.ClH/c1-13-15(19)8-5-9-17(13)21-11-10-16(20)18(22)12-23-14-6-3-2-4-7-14;/h2-9,16,18,21-22H,10-12,20H2,1H3;1H. The molecule has 4 nitrogen and oxygen atoms in total. The van der Waals surface area contributed by atoms with E-state index in [-0.39, 0.29) is 25.1 Å². The normalized spacial score (nSPS) is 12.8. The predicted octanol–water partition coefficient (Wildman–Crippen LogP) is 3.64. The first-order chi connectivity index (χ1) is 11.1. The fraction of sp³-hybridized carbons (Fsp3) is 0.333. The Morgan fingerprint density at radius 3 is 2.58 bits per heavy atom. The predicted molar refractivity (Wildman–Crippen MR) is 102 cm³/mol. The van der Waals surface area contributed by atoms with Crippen LogP contribution in [-0.2, 0) is 0 Å². The number of hydrogen-bond acceptors (Lipinski definition) is 4. The monoisotopic (exact) mass is 370 g/mol. The van der Waals surface area contributed by atoms with Crippen LogP contribution in [0.15, 0.2) is 48.5 Å². The van der Waals surface area contributed by atoms with Crippen molar-refractivity contribution in [3.8, 4) is 5.75 Å². The summed E-state index contributed by atoms with van der Waals surface area (Å²) in [5.74, 6) is 0.728. The molecule has 0 aliphatic heterocycles. The molecule has 0 fully saturated rings. The van der Waals surface area contributed by atoms with Gasteiger partial charge in [-0.05, 0) is 43.2 Å². The van der Waals surface area contributed by atoms with Gasteiger partial charge in [-0.3, -0.25) is 0 Å². The summed E-state index contributed by atoms with van der Waals surface area (Å²) in [4.78, 5) is 0. The second-order valence-corrected chi connectivity index (χ2v) is 5.89. The first kappa shape index (κ1) is 20.6. The third-order valence-corrected chi connectivity index (χ3v) is 4.13. The van der Waals surface area contributed by atoms with Crippen molar-refractivity contribution >= 4 is 29.7 Å². The molecule has 0 amide bonds. The molecule has 2 rings (SSSR count). The first-order valence-electron chi connectivity index (χ1n) is 7.68. The summed E-state index contributed by atoms with van der Waals surface area (Å²) < 4.78 is 5.52. The molecule has 0 saturated heterocycles. The quantitative estimate of drug-likeness (QED) is 0.663. The number of aliphatic hydroxyl groups excluding tert-OH is 1. The molecule has 6 heteroatoms. The van der Waals surface area contributed by atoms with Gasteiger partial charge in [-0.25, -0.2) is 0 Å². The topological polar surface area (TPSA) is 67.5 Å². The highest BCUT2D eigenvalue weighted by Crippen LogP contribution is 2.22. The van der Waals surface area contributed by atoms with Crippen molar-refractivity contribution in [2.24, 2.45) is 5.73 Å². The van der Waals surface area contributed by atoms with Crippen molar-refractivity contribution in [3.05, 3.63) is 59.1 Å². The molecule has 0 radical (unpaired) electrons. The summed E-state index contributed by atoms with van der Waals surface area (Å²) >= 11 is 6.08. The van der Waals surface area contributed by atoms with Crippen molar-refractivity contribution in [1.29, 1.82) is 0 Å². The zero-order valence-corrected chi connectivity index (χ0v) is 15.2. The number of nitrogens with one attached hydrogen (secondary N) is 1. The van der Waals surface area contributed by atoms with Crippen LogP contribution in [0.3, 0.4) is 0 Å². The van der Waals surface area contributed by atoms with Gasteiger partial charge in [-0.15, -0.1) is 12.4 Å². The van der Waals surface area contributed by atoms with Gasteiger partial charge in [0.2, 0.25) is 0 Å². The number of benzene rings is 2. The third kappa shape index (κ3) is 6.21. The van der Waals surface area contributed by atoms with Crippen LogP contribution in [-0.4, -0.2) is 30.4 Å². The molecule has 2 unspecified atom stereocenters. The number of anilines is 1. The van der Waals surface area contributed by atoms with E-state index in [1.807, 2.05) is 55.5 Å². The molecule has 24 heavy (non-hydrogen) atoms. The second-order valence-electron chi connectivity index (χ2n) is 5.48. The van der Waals surface area contributed by atoms with Gasteiger partial charge in [0.1, 0.15) is 18.5 Å². The lowest BCUT2D eigenvalue weighted by molar-refractivity contribution is 0.0836. The largest absolute Gasteiger partial charge is 0.491 e. The van der Waals surface area contributed by atoms with Gasteiger partial charge >= 0.3 is 0 Å². The van der Waals surface area contributed by atoms with Gasteiger partial charge in [-0.1, -0.05) is 35.9 Å². The van der Waals surface area contributed by atoms with E-state index in [1.165, 1.54) is 0 Å². The summed E-state index contributed by atoms with van der Waals surface area (Å²) in [5.41, 5.74) is 8.01. The van der Waals surface area contributed by atoms with Crippen LogP contribution in [0, 0.1) is 6.92 Å². The minimum absolute atomic E-state index is 0. The Morgan fingerprint density at radius 1 is 1.17 bits per heavy atom.